The number of pyridine rings is 1. The molecule has 0 spiro atoms. The highest BCUT2D eigenvalue weighted by atomic mass is 35.5. The largest absolute Gasteiger partial charge is 0.473 e. The van der Waals surface area contributed by atoms with Gasteiger partial charge in [0.25, 0.3) is 0 Å². The maximum Gasteiger partial charge on any atom is 0.232 e. The van der Waals surface area contributed by atoms with Crippen LogP contribution in [0.25, 0.3) is 0 Å². The van der Waals surface area contributed by atoms with Crippen LogP contribution in [0.3, 0.4) is 0 Å². The third-order valence-electron chi connectivity index (χ3n) is 2.72. The Morgan fingerprint density at radius 3 is 2.88 bits per heavy atom. The summed E-state index contributed by atoms with van der Waals surface area (Å²) in [5.41, 5.74) is 5.89. The van der Waals surface area contributed by atoms with Gasteiger partial charge >= 0.3 is 0 Å². The van der Waals surface area contributed by atoms with Gasteiger partial charge in [0.15, 0.2) is 0 Å². The van der Waals surface area contributed by atoms with E-state index in [1.807, 2.05) is 0 Å². The molecule has 0 aliphatic heterocycles. The van der Waals surface area contributed by atoms with E-state index in [2.05, 4.69) is 4.98 Å². The highest BCUT2D eigenvalue weighted by molar-refractivity contribution is 6.35. The molecule has 1 fully saturated rings. The lowest BCUT2D eigenvalue weighted by Gasteiger charge is -2.27. The van der Waals surface area contributed by atoms with E-state index >= 15 is 0 Å². The number of hydrogen-bond donors (Lipinski definition) is 1. The lowest BCUT2D eigenvalue weighted by molar-refractivity contribution is 0.139. The molecule has 5 heteroatoms. The lowest BCUT2D eigenvalue weighted by atomic mass is 9.94. The van der Waals surface area contributed by atoms with Crippen molar-refractivity contribution in [1.29, 1.82) is 0 Å². The summed E-state index contributed by atoms with van der Waals surface area (Å²) in [7, 11) is 0. The standard InChI is InChI=1S/C11H14Cl2N2O/c12-7-4-10(13)11(15-6-7)16-9-3-1-2-8(14)5-9/h4,6,8-9H,1-3,5,14H2. The Balaban J connectivity index is 2.02. The zero-order valence-corrected chi connectivity index (χ0v) is 10.3. The summed E-state index contributed by atoms with van der Waals surface area (Å²) in [6, 6.07) is 1.86. The van der Waals surface area contributed by atoms with Crippen molar-refractivity contribution in [3.63, 3.8) is 0 Å². The molecule has 2 N–H and O–H groups in total. The summed E-state index contributed by atoms with van der Waals surface area (Å²) in [6.45, 7) is 0. The Hall–Kier alpha value is -0.510. The summed E-state index contributed by atoms with van der Waals surface area (Å²) < 4.78 is 5.73. The first-order valence-electron chi connectivity index (χ1n) is 5.38. The molecule has 3 nitrogen and oxygen atoms in total. The molecule has 0 radical (unpaired) electrons. The van der Waals surface area contributed by atoms with Crippen molar-refractivity contribution in [2.75, 3.05) is 0 Å². The molecule has 1 aromatic rings. The van der Waals surface area contributed by atoms with Gasteiger partial charge in [0.05, 0.1) is 5.02 Å². The molecule has 1 heterocycles. The van der Waals surface area contributed by atoms with Crippen molar-refractivity contribution < 1.29 is 4.74 Å². The van der Waals surface area contributed by atoms with E-state index in [9.17, 15) is 0 Å². The Labute approximate surface area is 105 Å². The van der Waals surface area contributed by atoms with Crippen molar-refractivity contribution in [3.05, 3.63) is 22.3 Å². The maximum atomic E-state index is 5.98. The molecule has 1 saturated carbocycles. The number of nitrogens with two attached hydrogens (primary N) is 1. The predicted molar refractivity (Wildman–Crippen MR) is 65.1 cm³/mol. The van der Waals surface area contributed by atoms with Crippen LogP contribution in [0.4, 0.5) is 0 Å². The number of ether oxygens (including phenoxy) is 1. The zero-order chi connectivity index (χ0) is 11.5. The molecule has 16 heavy (non-hydrogen) atoms. The highest BCUT2D eigenvalue weighted by Gasteiger charge is 2.21. The SMILES string of the molecule is NC1CCCC(Oc2ncc(Cl)cc2Cl)C1. The van der Waals surface area contributed by atoms with Gasteiger partial charge in [-0.05, 0) is 31.7 Å². The van der Waals surface area contributed by atoms with Gasteiger partial charge in [-0.3, -0.25) is 0 Å². The van der Waals surface area contributed by atoms with Gasteiger partial charge in [0.1, 0.15) is 11.1 Å². The van der Waals surface area contributed by atoms with E-state index < -0.39 is 0 Å². The molecular weight excluding hydrogens is 247 g/mol. The summed E-state index contributed by atoms with van der Waals surface area (Å²) >= 11 is 11.7. The van der Waals surface area contributed by atoms with Crippen molar-refractivity contribution in [3.8, 4) is 5.88 Å². The summed E-state index contributed by atoms with van der Waals surface area (Å²) in [4.78, 5) is 4.07. The van der Waals surface area contributed by atoms with Gasteiger partial charge in [-0.2, -0.15) is 0 Å². The van der Waals surface area contributed by atoms with Crippen LogP contribution in [-0.4, -0.2) is 17.1 Å². The third-order valence-corrected chi connectivity index (χ3v) is 3.20. The zero-order valence-electron chi connectivity index (χ0n) is 8.83. The second-order valence-corrected chi connectivity index (χ2v) is 4.95. The van der Waals surface area contributed by atoms with Crippen LogP contribution in [0.2, 0.25) is 10.0 Å². The second kappa shape index (κ2) is 5.21. The molecule has 2 unspecified atom stereocenters. The fourth-order valence-corrected chi connectivity index (χ4v) is 2.36. The minimum atomic E-state index is 0.120. The van der Waals surface area contributed by atoms with Crippen LogP contribution < -0.4 is 10.5 Å². The molecule has 1 aromatic heterocycles. The number of nitrogens with zero attached hydrogens (tertiary/aromatic N) is 1. The van der Waals surface area contributed by atoms with E-state index in [1.165, 1.54) is 6.20 Å². The van der Waals surface area contributed by atoms with Crippen LogP contribution >= 0.6 is 23.2 Å². The topological polar surface area (TPSA) is 48.1 Å². The van der Waals surface area contributed by atoms with E-state index in [4.69, 9.17) is 33.7 Å². The first kappa shape index (κ1) is 12.0. The van der Waals surface area contributed by atoms with Crippen LogP contribution in [0.15, 0.2) is 12.3 Å². The normalized spacial score (nSPS) is 25.4. The van der Waals surface area contributed by atoms with E-state index in [1.54, 1.807) is 6.07 Å². The first-order chi connectivity index (χ1) is 7.65. The van der Waals surface area contributed by atoms with Crippen molar-refractivity contribution in [2.45, 2.75) is 37.8 Å². The molecule has 1 aliphatic carbocycles. The summed E-state index contributed by atoms with van der Waals surface area (Å²) in [5.74, 6) is 0.449. The van der Waals surface area contributed by atoms with Gasteiger partial charge in [0, 0.05) is 12.2 Å². The summed E-state index contributed by atoms with van der Waals surface area (Å²) in [6.07, 6.45) is 5.69. The number of rotatable bonds is 2. The van der Waals surface area contributed by atoms with Crippen molar-refractivity contribution in [2.24, 2.45) is 5.73 Å². The Morgan fingerprint density at radius 2 is 2.19 bits per heavy atom. The van der Waals surface area contributed by atoms with Crippen LogP contribution in [0.5, 0.6) is 5.88 Å². The van der Waals surface area contributed by atoms with Gasteiger partial charge in [-0.1, -0.05) is 23.2 Å². The molecule has 2 rings (SSSR count). The molecule has 1 aliphatic rings. The van der Waals surface area contributed by atoms with Gasteiger partial charge in [-0.25, -0.2) is 4.98 Å². The van der Waals surface area contributed by atoms with Gasteiger partial charge < -0.3 is 10.5 Å². The van der Waals surface area contributed by atoms with E-state index in [0.717, 1.165) is 25.7 Å². The molecular formula is C11H14Cl2N2O. The van der Waals surface area contributed by atoms with Gasteiger partial charge in [0.2, 0.25) is 5.88 Å². The van der Waals surface area contributed by atoms with Crippen molar-refractivity contribution in [1.82, 2.24) is 4.98 Å². The molecule has 0 bridgehead atoms. The van der Waals surface area contributed by atoms with Crippen LogP contribution in [0, 0.1) is 0 Å². The smallest absolute Gasteiger partial charge is 0.232 e. The molecule has 2 atom stereocenters. The van der Waals surface area contributed by atoms with E-state index in [0.29, 0.717) is 15.9 Å². The maximum absolute atomic E-state index is 5.98. The minimum absolute atomic E-state index is 0.120. The monoisotopic (exact) mass is 260 g/mol. The van der Waals surface area contributed by atoms with Crippen LogP contribution in [-0.2, 0) is 0 Å². The average Bonchev–Trinajstić information content (AvgIpc) is 2.22. The second-order valence-electron chi connectivity index (χ2n) is 4.11. The molecule has 0 amide bonds. The van der Waals surface area contributed by atoms with Crippen LogP contribution in [0.1, 0.15) is 25.7 Å². The van der Waals surface area contributed by atoms with Gasteiger partial charge in [-0.15, -0.1) is 0 Å². The number of aromatic nitrogens is 1. The Kier molecular flexibility index (Phi) is 3.90. The van der Waals surface area contributed by atoms with Crippen molar-refractivity contribution >= 4 is 23.2 Å². The fraction of sp³-hybridized carbons (Fsp3) is 0.545. The predicted octanol–water partition coefficient (Wildman–Crippen LogP) is 3.04. The number of hydrogen-bond acceptors (Lipinski definition) is 3. The highest BCUT2D eigenvalue weighted by Crippen LogP contribution is 2.28. The number of halogens is 2. The lowest BCUT2D eigenvalue weighted by Crippen LogP contribution is -2.33. The Morgan fingerprint density at radius 1 is 1.38 bits per heavy atom. The molecule has 88 valence electrons. The molecule has 0 saturated heterocycles. The first-order valence-corrected chi connectivity index (χ1v) is 6.14. The summed E-state index contributed by atoms with van der Waals surface area (Å²) in [5, 5.41) is 0.962. The quantitative estimate of drug-likeness (QED) is 0.890. The Bertz CT molecular complexity index is 373. The molecule has 0 aromatic carbocycles. The fourth-order valence-electron chi connectivity index (χ4n) is 1.93. The van der Waals surface area contributed by atoms with E-state index in [-0.39, 0.29) is 12.1 Å². The minimum Gasteiger partial charge on any atom is -0.473 e. The average molecular weight is 261 g/mol. The third kappa shape index (κ3) is 3.00.